The van der Waals surface area contributed by atoms with Crippen LogP contribution in [-0.2, 0) is 14.6 Å². The van der Waals surface area contributed by atoms with Crippen LogP contribution in [0.25, 0.3) is 0 Å². The molecule has 1 aromatic carbocycles. The summed E-state index contributed by atoms with van der Waals surface area (Å²) in [5.41, 5.74) is 0.479. The lowest BCUT2D eigenvalue weighted by atomic mass is 9.95. The number of sulfone groups is 1. The van der Waals surface area contributed by atoms with Gasteiger partial charge in [0.2, 0.25) is 5.91 Å². The van der Waals surface area contributed by atoms with Gasteiger partial charge in [0.05, 0.1) is 11.5 Å². The van der Waals surface area contributed by atoms with Gasteiger partial charge in [-0.2, -0.15) is 0 Å². The summed E-state index contributed by atoms with van der Waals surface area (Å²) in [5.74, 6) is -0.165. The summed E-state index contributed by atoms with van der Waals surface area (Å²) >= 11 is 0. The largest absolute Gasteiger partial charge is 0.335 e. The summed E-state index contributed by atoms with van der Waals surface area (Å²) in [6, 6.07) is 6.53. The highest BCUT2D eigenvalue weighted by Gasteiger charge is 2.34. The molecule has 1 aliphatic heterocycles. The average molecular weight is 381 g/mol. The predicted molar refractivity (Wildman–Crippen MR) is 103 cm³/mol. The van der Waals surface area contributed by atoms with E-state index < -0.39 is 15.3 Å². The Labute approximate surface area is 155 Å². The Morgan fingerprint density at radius 1 is 1.27 bits per heavy atom. The Hall–Kier alpha value is -1.89. The van der Waals surface area contributed by atoms with E-state index in [0.717, 1.165) is 6.42 Å². The minimum Gasteiger partial charge on any atom is -0.335 e. The molecule has 1 atom stereocenters. The second kappa shape index (κ2) is 7.78. The first-order valence-corrected chi connectivity index (χ1v) is 10.8. The molecule has 0 radical (unpaired) electrons. The van der Waals surface area contributed by atoms with Crippen LogP contribution < -0.4 is 5.32 Å². The van der Waals surface area contributed by atoms with Crippen molar-refractivity contribution in [3.05, 3.63) is 29.8 Å². The summed E-state index contributed by atoms with van der Waals surface area (Å²) in [6.07, 6.45) is 1.23. The van der Waals surface area contributed by atoms with Gasteiger partial charge >= 0.3 is 0 Å². The normalized spacial score (nSPS) is 19.2. The maximum atomic E-state index is 13.0. The molecule has 2 amide bonds. The smallest absolute Gasteiger partial charge is 0.254 e. The fourth-order valence-electron chi connectivity index (χ4n) is 2.93. The number of hydrogen-bond donors (Lipinski definition) is 1. The van der Waals surface area contributed by atoms with Crippen molar-refractivity contribution in [3.8, 4) is 0 Å². The van der Waals surface area contributed by atoms with Crippen molar-refractivity contribution in [2.24, 2.45) is 5.41 Å². The lowest BCUT2D eigenvalue weighted by Gasteiger charge is -2.28. The first kappa shape index (κ1) is 20.4. The Kier molecular flexibility index (Phi) is 6.11. The topological polar surface area (TPSA) is 83.6 Å². The molecule has 6 nitrogen and oxygen atoms in total. The molecule has 0 aromatic heterocycles. The molecule has 26 heavy (non-hydrogen) atoms. The quantitative estimate of drug-likeness (QED) is 0.851. The Bertz CT molecular complexity index is 781. The van der Waals surface area contributed by atoms with E-state index in [9.17, 15) is 18.0 Å². The van der Waals surface area contributed by atoms with E-state index in [1.54, 1.807) is 29.2 Å². The van der Waals surface area contributed by atoms with Gasteiger partial charge in [-0.1, -0.05) is 33.8 Å². The van der Waals surface area contributed by atoms with Crippen molar-refractivity contribution in [2.75, 3.05) is 23.4 Å². The second-order valence-electron chi connectivity index (χ2n) is 7.84. The molecule has 0 bridgehead atoms. The van der Waals surface area contributed by atoms with E-state index in [1.165, 1.54) is 0 Å². The van der Waals surface area contributed by atoms with Gasteiger partial charge in [0, 0.05) is 29.3 Å². The zero-order valence-corrected chi connectivity index (χ0v) is 16.7. The van der Waals surface area contributed by atoms with Crippen LogP contribution in [0.3, 0.4) is 0 Å². The van der Waals surface area contributed by atoms with Crippen molar-refractivity contribution in [3.63, 3.8) is 0 Å². The number of amides is 2. The lowest BCUT2D eigenvalue weighted by molar-refractivity contribution is -0.123. The molecule has 0 aliphatic carbocycles. The fraction of sp³-hybridized carbons (Fsp3) is 0.579. The van der Waals surface area contributed by atoms with E-state index in [1.807, 2.05) is 27.7 Å². The van der Waals surface area contributed by atoms with Crippen LogP contribution in [0.15, 0.2) is 24.3 Å². The maximum absolute atomic E-state index is 13.0. The molecule has 7 heteroatoms. The molecular weight excluding hydrogens is 352 g/mol. The number of benzene rings is 1. The molecule has 1 heterocycles. The molecular formula is C19H28N2O4S. The van der Waals surface area contributed by atoms with Crippen LogP contribution in [-0.4, -0.2) is 49.2 Å². The molecule has 1 fully saturated rings. The van der Waals surface area contributed by atoms with Crippen molar-refractivity contribution in [1.82, 2.24) is 4.90 Å². The van der Waals surface area contributed by atoms with Crippen LogP contribution >= 0.6 is 0 Å². The minimum absolute atomic E-state index is 0.0270. The maximum Gasteiger partial charge on any atom is 0.254 e. The molecule has 1 aromatic rings. The number of rotatable bonds is 5. The number of carbonyl (C=O) groups is 2. The number of nitrogens with one attached hydrogen (secondary N) is 1. The monoisotopic (exact) mass is 380 g/mol. The average Bonchev–Trinajstić information content (AvgIpc) is 2.91. The van der Waals surface area contributed by atoms with E-state index in [0.29, 0.717) is 24.2 Å². The standard InChI is InChI=1S/C19H28N2O4S/c1-5-10-21(16-9-11-26(24,25)13-16)17(22)14-7-6-8-15(12-14)20-18(23)19(2,3)4/h6-8,12,16H,5,9-11,13H2,1-4H3,(H,20,23). The van der Waals surface area contributed by atoms with E-state index >= 15 is 0 Å². The van der Waals surface area contributed by atoms with Gasteiger partial charge in [0.25, 0.3) is 5.91 Å². The van der Waals surface area contributed by atoms with Gasteiger partial charge in [-0.3, -0.25) is 9.59 Å². The van der Waals surface area contributed by atoms with Crippen LogP contribution in [0.4, 0.5) is 5.69 Å². The first-order chi connectivity index (χ1) is 12.0. The number of hydrogen-bond acceptors (Lipinski definition) is 4. The molecule has 0 spiro atoms. The molecule has 1 N–H and O–H groups in total. The van der Waals surface area contributed by atoms with Crippen LogP contribution in [0, 0.1) is 5.41 Å². The summed E-state index contributed by atoms with van der Waals surface area (Å²) in [6.45, 7) is 7.93. The van der Waals surface area contributed by atoms with Gasteiger partial charge in [-0.25, -0.2) is 8.42 Å². The summed E-state index contributed by atoms with van der Waals surface area (Å²) in [7, 11) is -3.07. The zero-order valence-electron chi connectivity index (χ0n) is 15.9. The first-order valence-electron chi connectivity index (χ1n) is 8.96. The SMILES string of the molecule is CCCN(C(=O)c1cccc(NC(=O)C(C)(C)C)c1)C1CCS(=O)(=O)C1. The number of carbonyl (C=O) groups excluding carboxylic acids is 2. The summed E-state index contributed by atoms with van der Waals surface area (Å²) < 4.78 is 23.6. The zero-order chi connectivity index (χ0) is 19.5. The van der Waals surface area contributed by atoms with Gasteiger partial charge in [-0.05, 0) is 31.0 Å². The highest BCUT2D eigenvalue weighted by Crippen LogP contribution is 2.22. The number of anilines is 1. The fourth-order valence-corrected chi connectivity index (χ4v) is 4.66. The Morgan fingerprint density at radius 3 is 2.50 bits per heavy atom. The van der Waals surface area contributed by atoms with Gasteiger partial charge in [0.1, 0.15) is 0 Å². The van der Waals surface area contributed by atoms with Gasteiger partial charge in [0.15, 0.2) is 9.84 Å². The van der Waals surface area contributed by atoms with Crippen LogP contribution in [0.1, 0.15) is 50.9 Å². The number of nitrogens with zero attached hydrogens (tertiary/aromatic N) is 1. The van der Waals surface area contributed by atoms with Crippen molar-refractivity contribution in [2.45, 2.75) is 46.6 Å². The lowest BCUT2D eigenvalue weighted by Crippen LogP contribution is -2.41. The predicted octanol–water partition coefficient (Wildman–Crippen LogP) is 2.71. The van der Waals surface area contributed by atoms with Crippen LogP contribution in [0.5, 0.6) is 0 Å². The van der Waals surface area contributed by atoms with E-state index in [-0.39, 0.29) is 29.4 Å². The summed E-state index contributed by atoms with van der Waals surface area (Å²) in [5, 5.41) is 2.83. The molecule has 1 aliphatic rings. The van der Waals surface area contributed by atoms with Crippen molar-refractivity contribution in [1.29, 1.82) is 0 Å². The second-order valence-corrected chi connectivity index (χ2v) is 10.1. The molecule has 1 unspecified atom stereocenters. The third-order valence-electron chi connectivity index (χ3n) is 4.42. The van der Waals surface area contributed by atoms with E-state index in [2.05, 4.69) is 5.32 Å². The van der Waals surface area contributed by atoms with E-state index in [4.69, 9.17) is 0 Å². The van der Waals surface area contributed by atoms with Gasteiger partial charge < -0.3 is 10.2 Å². The highest BCUT2D eigenvalue weighted by molar-refractivity contribution is 7.91. The van der Waals surface area contributed by atoms with Gasteiger partial charge in [-0.15, -0.1) is 0 Å². The third kappa shape index (κ3) is 5.06. The molecule has 144 valence electrons. The molecule has 1 saturated heterocycles. The Morgan fingerprint density at radius 2 is 1.96 bits per heavy atom. The highest BCUT2D eigenvalue weighted by atomic mass is 32.2. The Balaban J connectivity index is 2.21. The van der Waals surface area contributed by atoms with Crippen LogP contribution in [0.2, 0.25) is 0 Å². The minimum atomic E-state index is -3.07. The molecule has 2 rings (SSSR count). The molecule has 0 saturated carbocycles. The summed E-state index contributed by atoms with van der Waals surface area (Å²) in [4.78, 5) is 26.8. The third-order valence-corrected chi connectivity index (χ3v) is 6.17. The van der Waals surface area contributed by atoms with Crippen molar-refractivity contribution >= 4 is 27.3 Å². The van der Waals surface area contributed by atoms with Crippen molar-refractivity contribution < 1.29 is 18.0 Å².